The van der Waals surface area contributed by atoms with Crippen LogP contribution in [0.2, 0.25) is 0 Å². The number of alkyl halides is 6. The highest BCUT2D eigenvalue weighted by atomic mass is 19.4. The lowest BCUT2D eigenvalue weighted by Crippen LogP contribution is -2.13. The van der Waals surface area contributed by atoms with E-state index >= 15 is 0 Å². The second kappa shape index (κ2) is 7.49. The molecule has 5 nitrogen and oxygen atoms in total. The Morgan fingerprint density at radius 3 is 2.10 bits per heavy atom. The van der Waals surface area contributed by atoms with E-state index in [1.165, 1.54) is 12.4 Å². The van der Waals surface area contributed by atoms with Crippen molar-refractivity contribution < 1.29 is 26.3 Å². The lowest BCUT2D eigenvalue weighted by molar-refractivity contribution is -0.141. The molecule has 0 saturated heterocycles. The van der Waals surface area contributed by atoms with Crippen LogP contribution in [0.4, 0.5) is 26.3 Å². The predicted octanol–water partition coefficient (Wildman–Crippen LogP) is 5.43. The fourth-order valence-electron chi connectivity index (χ4n) is 2.77. The van der Waals surface area contributed by atoms with Crippen molar-refractivity contribution in [3.05, 3.63) is 78.5 Å². The Kier molecular flexibility index (Phi) is 4.96. The molecule has 4 aromatic rings. The summed E-state index contributed by atoms with van der Waals surface area (Å²) in [5.41, 5.74) is -1.03. The first-order chi connectivity index (χ1) is 14.6. The Balaban J connectivity index is 1.78. The number of pyridine rings is 1. The second-order valence-electron chi connectivity index (χ2n) is 6.43. The molecular formula is C20H11F6N5. The molecule has 3 aromatic heterocycles. The van der Waals surface area contributed by atoms with Crippen LogP contribution in [0.15, 0.2) is 67.3 Å². The summed E-state index contributed by atoms with van der Waals surface area (Å²) in [6.07, 6.45) is -3.38. The van der Waals surface area contributed by atoms with Gasteiger partial charge >= 0.3 is 12.4 Å². The molecular weight excluding hydrogens is 424 g/mol. The first-order valence-corrected chi connectivity index (χ1v) is 8.70. The first kappa shape index (κ1) is 20.5. The third-order valence-corrected chi connectivity index (χ3v) is 4.30. The highest BCUT2D eigenvalue weighted by Gasteiger charge is 2.34. The molecule has 0 N–H and O–H groups in total. The minimum atomic E-state index is -4.79. The molecule has 0 bridgehead atoms. The summed E-state index contributed by atoms with van der Waals surface area (Å²) < 4.78 is 79.6. The fourth-order valence-corrected chi connectivity index (χ4v) is 2.77. The standard InChI is InChI=1S/C20H11F6N5/c21-19(22,23)15-5-3-12(4-6-15)16-8-17(20(24,25)26)30-18(29-16)31-11-14(10-28-31)13-2-1-7-27-9-13/h1-11H. The van der Waals surface area contributed by atoms with E-state index in [0.29, 0.717) is 17.2 Å². The van der Waals surface area contributed by atoms with Gasteiger partial charge in [-0.25, -0.2) is 14.6 Å². The molecule has 0 atom stereocenters. The smallest absolute Gasteiger partial charge is 0.264 e. The zero-order valence-electron chi connectivity index (χ0n) is 15.4. The van der Waals surface area contributed by atoms with Crippen molar-refractivity contribution in [2.75, 3.05) is 0 Å². The molecule has 31 heavy (non-hydrogen) atoms. The molecule has 0 saturated carbocycles. The van der Waals surface area contributed by atoms with Gasteiger partial charge in [-0.1, -0.05) is 18.2 Å². The highest BCUT2D eigenvalue weighted by molar-refractivity contribution is 5.62. The molecule has 4 rings (SSSR count). The van der Waals surface area contributed by atoms with Crippen molar-refractivity contribution in [1.29, 1.82) is 0 Å². The average Bonchev–Trinajstić information content (AvgIpc) is 3.23. The fraction of sp³-hybridized carbons (Fsp3) is 0.100. The van der Waals surface area contributed by atoms with Gasteiger partial charge in [0.25, 0.3) is 5.95 Å². The van der Waals surface area contributed by atoms with Gasteiger partial charge in [-0.05, 0) is 24.3 Å². The molecule has 0 unspecified atom stereocenters. The van der Waals surface area contributed by atoms with E-state index in [-0.39, 0.29) is 17.2 Å². The van der Waals surface area contributed by atoms with Crippen LogP contribution >= 0.6 is 0 Å². The highest BCUT2D eigenvalue weighted by Crippen LogP contribution is 2.33. The lowest BCUT2D eigenvalue weighted by Gasteiger charge is -2.11. The van der Waals surface area contributed by atoms with Crippen LogP contribution in [0.3, 0.4) is 0 Å². The van der Waals surface area contributed by atoms with E-state index in [0.717, 1.165) is 28.9 Å². The van der Waals surface area contributed by atoms with Gasteiger partial charge in [0.1, 0.15) is 0 Å². The summed E-state index contributed by atoms with van der Waals surface area (Å²) in [7, 11) is 0. The molecule has 0 aliphatic carbocycles. The predicted molar refractivity (Wildman–Crippen MR) is 97.8 cm³/mol. The topological polar surface area (TPSA) is 56.5 Å². The first-order valence-electron chi connectivity index (χ1n) is 8.70. The van der Waals surface area contributed by atoms with Gasteiger partial charge in [0.2, 0.25) is 0 Å². The van der Waals surface area contributed by atoms with Crippen molar-refractivity contribution >= 4 is 0 Å². The SMILES string of the molecule is FC(F)(F)c1ccc(-c2cc(C(F)(F)F)nc(-n3cc(-c4cccnc4)cn3)n2)cc1. The van der Waals surface area contributed by atoms with Crippen LogP contribution in [0.1, 0.15) is 11.3 Å². The zero-order chi connectivity index (χ0) is 22.2. The molecule has 0 aliphatic rings. The molecule has 11 heteroatoms. The third kappa shape index (κ3) is 4.39. The number of rotatable bonds is 3. The maximum absolute atomic E-state index is 13.4. The van der Waals surface area contributed by atoms with Crippen molar-refractivity contribution in [1.82, 2.24) is 24.7 Å². The molecule has 0 spiro atoms. The minimum absolute atomic E-state index is 0.0711. The molecule has 3 heterocycles. The molecule has 158 valence electrons. The minimum Gasteiger partial charge on any atom is -0.264 e. The average molecular weight is 435 g/mol. The van der Waals surface area contributed by atoms with E-state index < -0.39 is 23.6 Å². The third-order valence-electron chi connectivity index (χ3n) is 4.30. The Morgan fingerprint density at radius 2 is 1.48 bits per heavy atom. The van der Waals surface area contributed by atoms with Gasteiger partial charge in [-0.3, -0.25) is 4.98 Å². The van der Waals surface area contributed by atoms with Crippen LogP contribution in [-0.4, -0.2) is 24.7 Å². The van der Waals surface area contributed by atoms with Crippen LogP contribution in [0, 0.1) is 0 Å². The maximum atomic E-state index is 13.4. The van der Waals surface area contributed by atoms with E-state index in [1.54, 1.807) is 24.5 Å². The van der Waals surface area contributed by atoms with Crippen molar-refractivity contribution in [2.24, 2.45) is 0 Å². The van der Waals surface area contributed by atoms with Crippen LogP contribution in [-0.2, 0) is 12.4 Å². The normalized spacial score (nSPS) is 12.2. The summed E-state index contributed by atoms with van der Waals surface area (Å²) in [6, 6.07) is 7.78. The van der Waals surface area contributed by atoms with E-state index in [2.05, 4.69) is 20.1 Å². The van der Waals surface area contributed by atoms with E-state index in [1.807, 2.05) is 0 Å². The molecule has 1 aromatic carbocycles. The largest absolute Gasteiger partial charge is 0.433 e. The van der Waals surface area contributed by atoms with Crippen LogP contribution in [0.25, 0.3) is 28.3 Å². The van der Waals surface area contributed by atoms with Gasteiger partial charge in [0.15, 0.2) is 5.69 Å². The van der Waals surface area contributed by atoms with Gasteiger partial charge in [0, 0.05) is 35.3 Å². The molecule has 0 radical (unpaired) electrons. The zero-order valence-corrected chi connectivity index (χ0v) is 15.4. The van der Waals surface area contributed by atoms with Crippen LogP contribution < -0.4 is 0 Å². The number of hydrogen-bond acceptors (Lipinski definition) is 4. The Labute approximate surface area is 171 Å². The second-order valence-corrected chi connectivity index (χ2v) is 6.43. The monoisotopic (exact) mass is 435 g/mol. The molecule has 0 amide bonds. The summed E-state index contributed by atoms with van der Waals surface area (Å²) in [5, 5.41) is 4.01. The Hall–Kier alpha value is -3.76. The van der Waals surface area contributed by atoms with Gasteiger partial charge in [-0.2, -0.15) is 31.4 Å². The number of nitrogens with zero attached hydrogens (tertiary/aromatic N) is 5. The van der Waals surface area contributed by atoms with Crippen molar-refractivity contribution in [2.45, 2.75) is 12.4 Å². The van der Waals surface area contributed by atoms with Gasteiger partial charge in [-0.15, -0.1) is 0 Å². The van der Waals surface area contributed by atoms with Crippen LogP contribution in [0.5, 0.6) is 0 Å². The van der Waals surface area contributed by atoms with Gasteiger partial charge < -0.3 is 0 Å². The summed E-state index contributed by atoms with van der Waals surface area (Å²) in [6.45, 7) is 0. The van der Waals surface area contributed by atoms with E-state index in [9.17, 15) is 26.3 Å². The lowest BCUT2D eigenvalue weighted by atomic mass is 10.1. The number of aromatic nitrogens is 5. The maximum Gasteiger partial charge on any atom is 0.433 e. The van der Waals surface area contributed by atoms with Crippen molar-refractivity contribution in [3.63, 3.8) is 0 Å². The van der Waals surface area contributed by atoms with E-state index in [4.69, 9.17) is 0 Å². The number of benzene rings is 1. The number of halogens is 6. The quantitative estimate of drug-likeness (QED) is 0.403. The Bertz CT molecular complexity index is 1200. The van der Waals surface area contributed by atoms with Crippen molar-refractivity contribution in [3.8, 4) is 28.3 Å². The number of hydrogen-bond donors (Lipinski definition) is 0. The molecule has 0 fully saturated rings. The summed E-state index contributed by atoms with van der Waals surface area (Å²) in [4.78, 5) is 11.6. The summed E-state index contributed by atoms with van der Waals surface area (Å²) >= 11 is 0. The molecule has 0 aliphatic heterocycles. The Morgan fingerprint density at radius 1 is 0.742 bits per heavy atom. The summed E-state index contributed by atoms with van der Waals surface area (Å²) in [5.74, 6) is -0.375. The van der Waals surface area contributed by atoms with Gasteiger partial charge in [0.05, 0.1) is 17.5 Å².